The zero-order chi connectivity index (χ0) is 14.8. The number of rotatable bonds is 3. The van der Waals surface area contributed by atoms with Crippen LogP contribution in [0.2, 0.25) is 0 Å². The van der Waals surface area contributed by atoms with Crippen molar-refractivity contribution in [3.05, 3.63) is 67.3 Å². The van der Waals surface area contributed by atoms with Crippen LogP contribution in [0.25, 0.3) is 16.8 Å². The fraction of sp³-hybridized carbons (Fsp3) is 0.211. The van der Waals surface area contributed by atoms with Gasteiger partial charge in [0.05, 0.1) is 12.0 Å². The van der Waals surface area contributed by atoms with Gasteiger partial charge in [-0.05, 0) is 30.5 Å². The lowest BCUT2D eigenvalue weighted by Crippen LogP contribution is -2.17. The maximum atomic E-state index is 4.14. The first-order chi connectivity index (χ1) is 10.9. The van der Waals surface area contributed by atoms with E-state index >= 15 is 0 Å². The van der Waals surface area contributed by atoms with Crippen LogP contribution in [0.15, 0.2) is 61.2 Å². The maximum absolute atomic E-state index is 4.14. The molecule has 2 aromatic carbocycles. The number of anilines is 1. The Hall–Kier alpha value is -2.55. The zero-order valence-corrected chi connectivity index (χ0v) is 12.4. The van der Waals surface area contributed by atoms with Gasteiger partial charge in [0.2, 0.25) is 0 Å². The summed E-state index contributed by atoms with van der Waals surface area (Å²) >= 11 is 0. The van der Waals surface area contributed by atoms with E-state index in [1.165, 1.54) is 42.7 Å². The highest BCUT2D eigenvalue weighted by Crippen LogP contribution is 2.29. The van der Waals surface area contributed by atoms with Crippen LogP contribution in [0.4, 0.5) is 5.69 Å². The summed E-state index contributed by atoms with van der Waals surface area (Å²) in [5.74, 6) is 0. The first-order valence-corrected chi connectivity index (χ1v) is 7.76. The van der Waals surface area contributed by atoms with E-state index in [1.807, 2.05) is 29.2 Å². The molecule has 0 spiro atoms. The van der Waals surface area contributed by atoms with Gasteiger partial charge < -0.3 is 9.47 Å². The third-order valence-corrected chi connectivity index (χ3v) is 4.25. The van der Waals surface area contributed by atoms with E-state index in [9.17, 15) is 0 Å². The highest BCUT2D eigenvalue weighted by molar-refractivity contribution is 5.74. The van der Waals surface area contributed by atoms with Crippen molar-refractivity contribution in [1.29, 1.82) is 0 Å². The molecule has 3 aromatic rings. The third-order valence-electron chi connectivity index (χ3n) is 4.25. The Morgan fingerprint density at radius 2 is 1.82 bits per heavy atom. The third kappa shape index (κ3) is 2.39. The molecule has 1 saturated heterocycles. The second-order valence-corrected chi connectivity index (χ2v) is 5.64. The molecule has 22 heavy (non-hydrogen) atoms. The summed E-state index contributed by atoms with van der Waals surface area (Å²) in [6, 6.07) is 18.3. The summed E-state index contributed by atoms with van der Waals surface area (Å²) in [5, 5.41) is 0. The number of hydrogen-bond acceptors (Lipinski definition) is 2. The molecular weight excluding hydrogens is 270 g/mol. The molecule has 0 bridgehead atoms. The zero-order valence-electron chi connectivity index (χ0n) is 12.4. The van der Waals surface area contributed by atoms with Crippen molar-refractivity contribution in [1.82, 2.24) is 9.55 Å². The van der Waals surface area contributed by atoms with E-state index in [4.69, 9.17) is 0 Å². The van der Waals surface area contributed by atoms with Crippen LogP contribution in [0, 0.1) is 6.07 Å². The lowest BCUT2D eigenvalue weighted by Gasteiger charge is -2.18. The number of benzene rings is 2. The van der Waals surface area contributed by atoms with E-state index in [0.717, 1.165) is 5.69 Å². The smallest absolute Gasteiger partial charge is 0.0992 e. The van der Waals surface area contributed by atoms with Crippen molar-refractivity contribution in [3.63, 3.8) is 0 Å². The second kappa shape index (κ2) is 5.68. The molecule has 3 heteroatoms. The van der Waals surface area contributed by atoms with Gasteiger partial charge in [-0.3, -0.25) is 0 Å². The molecule has 109 valence electrons. The quantitative estimate of drug-likeness (QED) is 0.728. The lowest BCUT2D eigenvalue weighted by atomic mass is 10.0. The molecule has 1 radical (unpaired) electrons. The van der Waals surface area contributed by atoms with Gasteiger partial charge in [-0.1, -0.05) is 30.3 Å². The molecule has 0 unspecified atom stereocenters. The molecule has 0 aliphatic carbocycles. The summed E-state index contributed by atoms with van der Waals surface area (Å²) in [7, 11) is 0. The van der Waals surface area contributed by atoms with Crippen LogP contribution in [0.1, 0.15) is 12.8 Å². The Balaban J connectivity index is 1.70. The molecule has 0 saturated carbocycles. The molecule has 1 aliphatic rings. The Labute approximate surface area is 130 Å². The summed E-state index contributed by atoms with van der Waals surface area (Å²) in [6.45, 7) is 2.36. The van der Waals surface area contributed by atoms with Gasteiger partial charge >= 0.3 is 0 Å². The average Bonchev–Trinajstić information content (AvgIpc) is 3.29. The Morgan fingerprint density at radius 1 is 1.00 bits per heavy atom. The lowest BCUT2D eigenvalue weighted by molar-refractivity contribution is 0.949. The minimum absolute atomic E-state index is 1.04. The molecule has 0 atom stereocenters. The van der Waals surface area contributed by atoms with Gasteiger partial charge in [-0.2, -0.15) is 0 Å². The highest BCUT2D eigenvalue weighted by Gasteiger charge is 2.12. The fourth-order valence-corrected chi connectivity index (χ4v) is 3.09. The molecule has 4 rings (SSSR count). The predicted octanol–water partition coefficient (Wildman–Crippen LogP) is 3.94. The number of para-hydroxylation sites is 1. The molecular formula is C19H18N3. The van der Waals surface area contributed by atoms with Crippen molar-refractivity contribution in [3.8, 4) is 16.8 Å². The Kier molecular flexibility index (Phi) is 3.39. The molecule has 1 aliphatic heterocycles. The Morgan fingerprint density at radius 3 is 2.55 bits per heavy atom. The summed E-state index contributed by atoms with van der Waals surface area (Å²) in [5.41, 5.74) is 4.75. The second-order valence-electron chi connectivity index (χ2n) is 5.64. The number of nitrogens with zero attached hydrogens (tertiary/aromatic N) is 3. The average molecular weight is 288 g/mol. The number of imidazole rings is 1. The van der Waals surface area contributed by atoms with E-state index < -0.39 is 0 Å². The standard InChI is InChI=1S/C19H18N3/c1-2-6-19(22-14-11-20-15-22)18(5-1)16-7-9-17(10-8-16)21-12-3-4-13-21/h1-2,5,7-11,14-15H,3-4,12-13H2. The Bertz CT molecular complexity index is 739. The van der Waals surface area contributed by atoms with Gasteiger partial charge in [-0.15, -0.1) is 0 Å². The van der Waals surface area contributed by atoms with Crippen molar-refractivity contribution in [2.75, 3.05) is 18.0 Å². The van der Waals surface area contributed by atoms with E-state index in [2.05, 4.69) is 46.3 Å². The van der Waals surface area contributed by atoms with E-state index in [-0.39, 0.29) is 0 Å². The minimum atomic E-state index is 1.04. The van der Waals surface area contributed by atoms with Crippen LogP contribution in [0.5, 0.6) is 0 Å². The maximum Gasteiger partial charge on any atom is 0.0992 e. The molecule has 3 nitrogen and oxygen atoms in total. The SMILES string of the molecule is [c]1cccc(-c2ccc(N3CCCC3)cc2)c1-n1ccnc1. The van der Waals surface area contributed by atoms with Crippen LogP contribution in [-0.4, -0.2) is 22.6 Å². The van der Waals surface area contributed by atoms with E-state index in [0.29, 0.717) is 0 Å². The van der Waals surface area contributed by atoms with Crippen LogP contribution in [-0.2, 0) is 0 Å². The van der Waals surface area contributed by atoms with Crippen molar-refractivity contribution < 1.29 is 0 Å². The fourth-order valence-electron chi connectivity index (χ4n) is 3.09. The van der Waals surface area contributed by atoms with Crippen molar-refractivity contribution >= 4 is 5.69 Å². The van der Waals surface area contributed by atoms with Crippen LogP contribution in [0.3, 0.4) is 0 Å². The molecule has 1 fully saturated rings. The van der Waals surface area contributed by atoms with Crippen molar-refractivity contribution in [2.45, 2.75) is 12.8 Å². The van der Waals surface area contributed by atoms with Crippen LogP contribution >= 0.6 is 0 Å². The van der Waals surface area contributed by atoms with Gasteiger partial charge in [-0.25, -0.2) is 4.98 Å². The van der Waals surface area contributed by atoms with E-state index in [1.54, 1.807) is 6.20 Å². The molecule has 0 amide bonds. The topological polar surface area (TPSA) is 21.1 Å². The summed E-state index contributed by atoms with van der Waals surface area (Å²) in [6.07, 6.45) is 8.17. The van der Waals surface area contributed by atoms with Gasteiger partial charge in [0.25, 0.3) is 0 Å². The van der Waals surface area contributed by atoms with Gasteiger partial charge in [0.1, 0.15) is 0 Å². The monoisotopic (exact) mass is 288 g/mol. The highest BCUT2D eigenvalue weighted by atomic mass is 15.1. The molecule has 2 heterocycles. The number of aromatic nitrogens is 2. The molecule has 1 aromatic heterocycles. The molecule has 0 N–H and O–H groups in total. The minimum Gasteiger partial charge on any atom is -0.372 e. The normalized spacial score (nSPS) is 14.5. The first kappa shape index (κ1) is 13.1. The summed E-state index contributed by atoms with van der Waals surface area (Å²) < 4.78 is 2.00. The number of hydrogen-bond donors (Lipinski definition) is 0. The predicted molar refractivity (Wildman–Crippen MR) is 89.3 cm³/mol. The van der Waals surface area contributed by atoms with Gasteiger partial charge in [0, 0.05) is 42.8 Å². The summed E-state index contributed by atoms with van der Waals surface area (Å²) in [4.78, 5) is 6.59. The van der Waals surface area contributed by atoms with Gasteiger partial charge in [0.15, 0.2) is 0 Å². The van der Waals surface area contributed by atoms with Crippen molar-refractivity contribution in [2.24, 2.45) is 0 Å². The first-order valence-electron chi connectivity index (χ1n) is 7.76. The largest absolute Gasteiger partial charge is 0.372 e. The van der Waals surface area contributed by atoms with Crippen LogP contribution < -0.4 is 4.90 Å².